The predicted molar refractivity (Wildman–Crippen MR) is 78.4 cm³/mol. The Morgan fingerprint density at radius 1 is 1.22 bits per heavy atom. The molecule has 0 fully saturated rings. The van der Waals surface area contributed by atoms with Crippen LogP contribution in [0.15, 0.2) is 18.2 Å². The van der Waals surface area contributed by atoms with Crippen LogP contribution in [0.25, 0.3) is 0 Å². The maximum Gasteiger partial charge on any atom is 0.119 e. The minimum atomic E-state index is 0.654. The summed E-state index contributed by atoms with van der Waals surface area (Å²) in [5, 5.41) is 3.57. The molecule has 1 atom stereocenters. The lowest BCUT2D eigenvalue weighted by molar-refractivity contribution is 0.414. The molecule has 1 unspecified atom stereocenters. The van der Waals surface area contributed by atoms with Gasteiger partial charge in [-0.3, -0.25) is 0 Å². The van der Waals surface area contributed by atoms with Crippen molar-refractivity contribution in [1.82, 2.24) is 5.32 Å². The van der Waals surface area contributed by atoms with E-state index < -0.39 is 0 Å². The quantitative estimate of drug-likeness (QED) is 0.758. The number of aryl methyl sites for hydroxylation is 2. The molecule has 0 aliphatic carbocycles. The molecule has 0 bridgehead atoms. The maximum atomic E-state index is 5.24. The van der Waals surface area contributed by atoms with Crippen LogP contribution in [-0.4, -0.2) is 19.7 Å². The van der Waals surface area contributed by atoms with Crippen LogP contribution < -0.4 is 10.1 Å². The van der Waals surface area contributed by atoms with E-state index in [1.165, 1.54) is 30.4 Å². The van der Waals surface area contributed by atoms with Gasteiger partial charge in [0.25, 0.3) is 0 Å². The fourth-order valence-corrected chi connectivity index (χ4v) is 2.39. The smallest absolute Gasteiger partial charge is 0.119 e. The van der Waals surface area contributed by atoms with Crippen LogP contribution in [0.3, 0.4) is 0 Å². The number of hydrogen-bond acceptors (Lipinski definition) is 2. The van der Waals surface area contributed by atoms with Gasteiger partial charge in [0.05, 0.1) is 7.11 Å². The van der Waals surface area contributed by atoms with Gasteiger partial charge in [-0.25, -0.2) is 0 Å². The lowest BCUT2D eigenvalue weighted by Crippen LogP contribution is -2.29. The molecule has 1 rings (SSSR count). The Bertz CT molecular complexity index is 343. The van der Waals surface area contributed by atoms with Crippen LogP contribution in [0.1, 0.15) is 44.2 Å². The highest BCUT2D eigenvalue weighted by atomic mass is 16.5. The highest BCUT2D eigenvalue weighted by Gasteiger charge is 2.07. The van der Waals surface area contributed by atoms with Gasteiger partial charge >= 0.3 is 0 Å². The lowest BCUT2D eigenvalue weighted by atomic mass is 9.98. The van der Waals surface area contributed by atoms with Gasteiger partial charge in [0, 0.05) is 6.04 Å². The largest absolute Gasteiger partial charge is 0.497 e. The summed E-state index contributed by atoms with van der Waals surface area (Å²) in [5.74, 6) is 0.952. The highest BCUT2D eigenvalue weighted by Crippen LogP contribution is 2.19. The second-order valence-corrected chi connectivity index (χ2v) is 4.87. The first-order valence-electron chi connectivity index (χ1n) is 7.08. The van der Waals surface area contributed by atoms with Gasteiger partial charge in [0.15, 0.2) is 0 Å². The molecule has 18 heavy (non-hydrogen) atoms. The van der Waals surface area contributed by atoms with Crippen molar-refractivity contribution in [3.05, 3.63) is 29.3 Å². The van der Waals surface area contributed by atoms with Crippen molar-refractivity contribution < 1.29 is 4.74 Å². The molecular weight excluding hydrogens is 222 g/mol. The van der Waals surface area contributed by atoms with Gasteiger partial charge in [-0.1, -0.05) is 26.3 Å². The zero-order valence-corrected chi connectivity index (χ0v) is 12.3. The Hall–Kier alpha value is -1.02. The Balaban J connectivity index is 2.55. The van der Waals surface area contributed by atoms with Gasteiger partial charge in [0.2, 0.25) is 0 Å². The van der Waals surface area contributed by atoms with E-state index >= 15 is 0 Å². The first-order valence-corrected chi connectivity index (χ1v) is 7.08. The Morgan fingerprint density at radius 2 is 2.00 bits per heavy atom. The van der Waals surface area contributed by atoms with Crippen LogP contribution in [0, 0.1) is 6.92 Å². The molecule has 0 aliphatic rings. The summed E-state index contributed by atoms with van der Waals surface area (Å²) in [7, 11) is 1.72. The molecule has 0 aromatic heterocycles. The molecule has 0 spiro atoms. The molecule has 1 aromatic carbocycles. The number of methoxy groups -OCH3 is 1. The fraction of sp³-hybridized carbons (Fsp3) is 0.625. The summed E-state index contributed by atoms with van der Waals surface area (Å²) in [5.41, 5.74) is 2.77. The topological polar surface area (TPSA) is 21.3 Å². The molecule has 0 aliphatic heterocycles. The van der Waals surface area contributed by atoms with Crippen LogP contribution >= 0.6 is 0 Å². The van der Waals surface area contributed by atoms with Crippen LogP contribution in [0.4, 0.5) is 0 Å². The first-order chi connectivity index (χ1) is 8.71. The average Bonchev–Trinajstić information content (AvgIpc) is 2.37. The van der Waals surface area contributed by atoms with Gasteiger partial charge in [-0.05, 0) is 56.0 Å². The van der Waals surface area contributed by atoms with E-state index in [9.17, 15) is 0 Å². The Labute approximate surface area is 112 Å². The van der Waals surface area contributed by atoms with Gasteiger partial charge in [0.1, 0.15) is 5.75 Å². The van der Waals surface area contributed by atoms with E-state index in [4.69, 9.17) is 4.74 Å². The predicted octanol–water partition coefficient (Wildman–Crippen LogP) is 3.71. The second kappa shape index (κ2) is 8.15. The monoisotopic (exact) mass is 249 g/mol. The fourth-order valence-electron chi connectivity index (χ4n) is 2.39. The standard InChI is InChI=1S/C16H27NO/c1-5-7-15(17-6-2)10-8-14-9-11-16(18-4)12-13(14)3/h9,11-12,15,17H,5-8,10H2,1-4H3. The maximum absolute atomic E-state index is 5.24. The van der Waals surface area contributed by atoms with E-state index in [1.54, 1.807) is 7.11 Å². The number of nitrogens with one attached hydrogen (secondary N) is 1. The summed E-state index contributed by atoms with van der Waals surface area (Å²) in [6, 6.07) is 7.03. The number of benzene rings is 1. The van der Waals surface area contributed by atoms with E-state index in [1.807, 2.05) is 0 Å². The number of rotatable bonds is 8. The summed E-state index contributed by atoms with van der Waals surface area (Å²) in [4.78, 5) is 0. The molecule has 0 saturated carbocycles. The SMILES string of the molecule is CCCC(CCc1ccc(OC)cc1C)NCC. The zero-order chi connectivity index (χ0) is 13.4. The Kier molecular flexibility index (Phi) is 6.81. The third-order valence-corrected chi connectivity index (χ3v) is 3.44. The zero-order valence-electron chi connectivity index (χ0n) is 12.3. The average molecular weight is 249 g/mol. The van der Waals surface area contributed by atoms with E-state index in [0.717, 1.165) is 18.7 Å². The molecule has 1 N–H and O–H groups in total. The molecule has 0 saturated heterocycles. The number of ether oxygens (including phenoxy) is 1. The lowest BCUT2D eigenvalue weighted by Gasteiger charge is -2.17. The van der Waals surface area contributed by atoms with Crippen molar-refractivity contribution in [3.8, 4) is 5.75 Å². The molecule has 0 heterocycles. The van der Waals surface area contributed by atoms with Crippen LogP contribution in [-0.2, 0) is 6.42 Å². The van der Waals surface area contributed by atoms with Crippen molar-refractivity contribution in [2.24, 2.45) is 0 Å². The number of hydrogen-bond donors (Lipinski definition) is 1. The molecule has 0 radical (unpaired) electrons. The van der Waals surface area contributed by atoms with Crippen molar-refractivity contribution in [1.29, 1.82) is 0 Å². The third kappa shape index (κ3) is 4.69. The second-order valence-electron chi connectivity index (χ2n) is 4.87. The summed E-state index contributed by atoms with van der Waals surface area (Å²) in [6.07, 6.45) is 4.88. The van der Waals surface area contributed by atoms with Crippen molar-refractivity contribution in [2.45, 2.75) is 52.5 Å². The van der Waals surface area contributed by atoms with Gasteiger partial charge in [-0.2, -0.15) is 0 Å². The van der Waals surface area contributed by atoms with Gasteiger partial charge in [-0.15, -0.1) is 0 Å². The molecule has 2 heteroatoms. The summed E-state index contributed by atoms with van der Waals surface area (Å²) in [6.45, 7) is 7.66. The van der Waals surface area contributed by atoms with E-state index in [2.05, 4.69) is 44.3 Å². The first kappa shape index (κ1) is 15.0. The van der Waals surface area contributed by atoms with Crippen LogP contribution in [0.2, 0.25) is 0 Å². The van der Waals surface area contributed by atoms with E-state index in [0.29, 0.717) is 6.04 Å². The minimum absolute atomic E-state index is 0.654. The minimum Gasteiger partial charge on any atom is -0.497 e. The molecule has 102 valence electrons. The van der Waals surface area contributed by atoms with Crippen molar-refractivity contribution in [2.75, 3.05) is 13.7 Å². The molecule has 0 amide bonds. The molecule has 2 nitrogen and oxygen atoms in total. The third-order valence-electron chi connectivity index (χ3n) is 3.44. The highest BCUT2D eigenvalue weighted by molar-refractivity contribution is 5.34. The Morgan fingerprint density at radius 3 is 2.56 bits per heavy atom. The van der Waals surface area contributed by atoms with Gasteiger partial charge < -0.3 is 10.1 Å². The normalized spacial score (nSPS) is 12.4. The van der Waals surface area contributed by atoms with Crippen LogP contribution in [0.5, 0.6) is 5.75 Å². The summed E-state index contributed by atoms with van der Waals surface area (Å²) < 4.78 is 5.24. The van der Waals surface area contributed by atoms with Crippen molar-refractivity contribution in [3.63, 3.8) is 0 Å². The van der Waals surface area contributed by atoms with Crippen molar-refractivity contribution >= 4 is 0 Å². The summed E-state index contributed by atoms with van der Waals surface area (Å²) >= 11 is 0. The molecular formula is C16H27NO. The van der Waals surface area contributed by atoms with E-state index in [-0.39, 0.29) is 0 Å². The molecule has 1 aromatic rings.